The van der Waals surface area contributed by atoms with Crippen LogP contribution in [0.3, 0.4) is 0 Å². The summed E-state index contributed by atoms with van der Waals surface area (Å²) < 4.78 is 39.8. The van der Waals surface area contributed by atoms with Crippen LogP contribution >= 0.6 is 11.6 Å². The zero-order valence-corrected chi connectivity index (χ0v) is 11.6. The number of ether oxygens (including phenoxy) is 1. The van der Waals surface area contributed by atoms with Crippen molar-refractivity contribution in [2.24, 2.45) is 0 Å². The van der Waals surface area contributed by atoms with Crippen molar-refractivity contribution in [3.63, 3.8) is 0 Å². The van der Waals surface area contributed by atoms with Gasteiger partial charge in [0.15, 0.2) is 0 Å². The highest BCUT2D eigenvalue weighted by Gasteiger charge is 2.31. The Bertz CT molecular complexity index is 687. The highest BCUT2D eigenvalue weighted by Crippen LogP contribution is 2.27. The summed E-state index contributed by atoms with van der Waals surface area (Å²) >= 11 is 5.74. The van der Waals surface area contributed by atoms with Crippen LogP contribution in [0, 0.1) is 0 Å². The van der Waals surface area contributed by atoms with Crippen LogP contribution in [0.1, 0.15) is 10.4 Å². The second kappa shape index (κ2) is 6.15. The van der Waals surface area contributed by atoms with Gasteiger partial charge in [-0.25, -0.2) is 0 Å². The third-order valence-corrected chi connectivity index (χ3v) is 2.79. The highest BCUT2D eigenvalue weighted by atomic mass is 35.5. The Morgan fingerprint density at radius 2 is 1.77 bits per heavy atom. The fourth-order valence-corrected chi connectivity index (χ4v) is 1.78. The van der Waals surface area contributed by atoms with Gasteiger partial charge in [0.25, 0.3) is 5.91 Å². The summed E-state index contributed by atoms with van der Waals surface area (Å²) in [6.45, 7) is 0. The number of hydrogen-bond donors (Lipinski definition) is 2. The molecule has 0 aliphatic rings. The summed E-state index contributed by atoms with van der Waals surface area (Å²) in [5.74, 6) is -1.24. The average Bonchev–Trinajstić information content (AvgIpc) is 2.42. The molecule has 0 aromatic heterocycles. The Morgan fingerprint density at radius 1 is 1.14 bits per heavy atom. The van der Waals surface area contributed by atoms with Crippen LogP contribution in [0.2, 0.25) is 5.02 Å². The predicted octanol–water partition coefficient (Wildman–Crippen LogP) is 4.20. The maximum absolute atomic E-state index is 12.0. The van der Waals surface area contributed by atoms with E-state index in [1.807, 2.05) is 0 Å². The minimum atomic E-state index is -4.80. The minimum Gasteiger partial charge on any atom is -0.506 e. The lowest BCUT2D eigenvalue weighted by Gasteiger charge is -2.10. The maximum atomic E-state index is 12.0. The number of anilines is 1. The van der Waals surface area contributed by atoms with Crippen molar-refractivity contribution in [2.45, 2.75) is 6.36 Å². The molecule has 8 heteroatoms. The number of phenolic OH excluding ortho intramolecular Hbond substituents is 1. The van der Waals surface area contributed by atoms with Gasteiger partial charge in [-0.3, -0.25) is 4.79 Å². The zero-order valence-electron chi connectivity index (χ0n) is 10.8. The molecule has 0 fully saturated rings. The average molecular weight is 332 g/mol. The molecular weight excluding hydrogens is 323 g/mol. The molecule has 0 radical (unpaired) electrons. The van der Waals surface area contributed by atoms with Gasteiger partial charge in [0.1, 0.15) is 11.5 Å². The van der Waals surface area contributed by atoms with E-state index in [0.29, 0.717) is 5.02 Å². The Kier molecular flexibility index (Phi) is 4.46. The van der Waals surface area contributed by atoms with E-state index in [0.717, 1.165) is 24.3 Å². The first-order valence-electron chi connectivity index (χ1n) is 5.90. The number of aromatic hydroxyl groups is 1. The number of nitrogens with one attached hydrogen (secondary N) is 1. The number of rotatable bonds is 3. The lowest BCUT2D eigenvalue weighted by Crippen LogP contribution is -2.17. The molecule has 0 saturated heterocycles. The fraction of sp³-hybridized carbons (Fsp3) is 0.0714. The molecule has 116 valence electrons. The molecule has 0 atom stereocenters. The number of carbonyl (C=O) groups excluding carboxylic acids is 1. The topological polar surface area (TPSA) is 58.6 Å². The Labute approximate surface area is 128 Å². The molecule has 2 N–H and O–H groups in total. The molecule has 22 heavy (non-hydrogen) atoms. The molecule has 2 rings (SSSR count). The van der Waals surface area contributed by atoms with E-state index >= 15 is 0 Å². The van der Waals surface area contributed by atoms with Crippen molar-refractivity contribution in [1.29, 1.82) is 0 Å². The van der Waals surface area contributed by atoms with Crippen molar-refractivity contribution < 1.29 is 27.8 Å². The molecule has 4 nitrogen and oxygen atoms in total. The van der Waals surface area contributed by atoms with Crippen LogP contribution in [0.5, 0.6) is 11.5 Å². The van der Waals surface area contributed by atoms with Crippen LogP contribution in [-0.4, -0.2) is 17.4 Å². The number of phenols is 1. The van der Waals surface area contributed by atoms with E-state index in [4.69, 9.17) is 11.6 Å². The molecule has 0 aliphatic carbocycles. The quantitative estimate of drug-likeness (QED) is 0.829. The third kappa shape index (κ3) is 4.29. The van der Waals surface area contributed by atoms with E-state index in [9.17, 15) is 23.1 Å². The first kappa shape index (κ1) is 16.0. The van der Waals surface area contributed by atoms with Gasteiger partial charge in [0.2, 0.25) is 0 Å². The van der Waals surface area contributed by atoms with E-state index in [1.165, 1.54) is 18.2 Å². The van der Waals surface area contributed by atoms with Gasteiger partial charge in [-0.15, -0.1) is 13.2 Å². The second-order valence-electron chi connectivity index (χ2n) is 4.19. The van der Waals surface area contributed by atoms with Gasteiger partial charge in [0, 0.05) is 10.6 Å². The summed E-state index contributed by atoms with van der Waals surface area (Å²) in [7, 11) is 0. The van der Waals surface area contributed by atoms with Crippen molar-refractivity contribution in [2.75, 3.05) is 5.32 Å². The van der Waals surface area contributed by atoms with E-state index in [-0.39, 0.29) is 17.0 Å². The summed E-state index contributed by atoms with van der Waals surface area (Å²) in [5.41, 5.74) is 0.182. The number of hydrogen-bond acceptors (Lipinski definition) is 3. The van der Waals surface area contributed by atoms with Crippen LogP contribution in [0.25, 0.3) is 0 Å². The first-order chi connectivity index (χ1) is 10.2. The van der Waals surface area contributed by atoms with Crippen LogP contribution < -0.4 is 10.1 Å². The molecule has 0 spiro atoms. The molecule has 2 aromatic carbocycles. The van der Waals surface area contributed by atoms with E-state index in [1.54, 1.807) is 0 Å². The number of carbonyl (C=O) groups is 1. The van der Waals surface area contributed by atoms with Gasteiger partial charge in [-0.1, -0.05) is 11.6 Å². The van der Waals surface area contributed by atoms with Crippen LogP contribution in [0.15, 0.2) is 42.5 Å². The fourth-order valence-electron chi connectivity index (χ4n) is 1.61. The minimum absolute atomic E-state index is 0.0909. The first-order valence-corrected chi connectivity index (χ1v) is 6.28. The Balaban J connectivity index is 2.11. The van der Waals surface area contributed by atoms with Crippen molar-refractivity contribution in [3.05, 3.63) is 53.1 Å². The summed E-state index contributed by atoms with van der Waals surface area (Å²) in [4.78, 5) is 11.9. The summed E-state index contributed by atoms with van der Waals surface area (Å²) in [6, 6.07) is 8.44. The van der Waals surface area contributed by atoms with Crippen LogP contribution in [0.4, 0.5) is 18.9 Å². The second-order valence-corrected chi connectivity index (χ2v) is 4.62. The zero-order chi connectivity index (χ0) is 16.3. The van der Waals surface area contributed by atoms with Gasteiger partial charge in [-0.05, 0) is 42.5 Å². The summed E-state index contributed by atoms with van der Waals surface area (Å²) in [6.07, 6.45) is -4.80. The van der Waals surface area contributed by atoms with E-state index < -0.39 is 18.0 Å². The Hall–Kier alpha value is -2.41. The van der Waals surface area contributed by atoms with Crippen molar-refractivity contribution >= 4 is 23.2 Å². The standard InChI is InChI=1S/C14H9ClF3NO3/c15-9-3-6-12(20)11(7-9)19-13(21)8-1-4-10(5-2-8)22-14(16,17)18/h1-7,20H,(H,19,21). The smallest absolute Gasteiger partial charge is 0.506 e. The monoisotopic (exact) mass is 331 g/mol. The number of halogens is 4. The lowest BCUT2D eigenvalue weighted by molar-refractivity contribution is -0.274. The number of benzene rings is 2. The molecule has 0 unspecified atom stereocenters. The molecular formula is C14H9ClF3NO3. The molecule has 1 amide bonds. The Morgan fingerprint density at radius 3 is 2.36 bits per heavy atom. The molecule has 0 bridgehead atoms. The number of alkyl halides is 3. The molecule has 0 aliphatic heterocycles. The van der Waals surface area contributed by atoms with Gasteiger partial charge < -0.3 is 15.2 Å². The van der Waals surface area contributed by atoms with Crippen molar-refractivity contribution in [1.82, 2.24) is 0 Å². The van der Waals surface area contributed by atoms with Gasteiger partial charge in [-0.2, -0.15) is 0 Å². The summed E-state index contributed by atoms with van der Waals surface area (Å²) in [5, 5.41) is 12.3. The largest absolute Gasteiger partial charge is 0.573 e. The van der Waals surface area contributed by atoms with Gasteiger partial charge >= 0.3 is 6.36 Å². The lowest BCUT2D eigenvalue weighted by atomic mass is 10.2. The van der Waals surface area contributed by atoms with E-state index in [2.05, 4.69) is 10.1 Å². The van der Waals surface area contributed by atoms with Crippen LogP contribution in [-0.2, 0) is 0 Å². The third-order valence-electron chi connectivity index (χ3n) is 2.56. The molecule has 2 aromatic rings. The van der Waals surface area contributed by atoms with Gasteiger partial charge in [0.05, 0.1) is 5.69 Å². The maximum Gasteiger partial charge on any atom is 0.573 e. The number of amides is 1. The predicted molar refractivity (Wildman–Crippen MR) is 74.2 cm³/mol. The highest BCUT2D eigenvalue weighted by molar-refractivity contribution is 6.31. The molecule has 0 saturated carbocycles. The SMILES string of the molecule is O=C(Nc1cc(Cl)ccc1O)c1ccc(OC(F)(F)F)cc1. The van der Waals surface area contributed by atoms with Crippen molar-refractivity contribution in [3.8, 4) is 11.5 Å². The normalized spacial score (nSPS) is 11.1. The molecule has 0 heterocycles.